The fourth-order valence-corrected chi connectivity index (χ4v) is 2.86. The number of nitrogens with one attached hydrogen (secondary N) is 3. The largest absolute Gasteiger partial charge is 0.481 e. The Kier molecular flexibility index (Phi) is 7.23. The molecular formula is C25H25N3O4. The van der Waals surface area contributed by atoms with E-state index in [1.807, 2.05) is 38.1 Å². The van der Waals surface area contributed by atoms with E-state index in [9.17, 15) is 14.4 Å². The molecule has 0 radical (unpaired) electrons. The minimum Gasteiger partial charge on any atom is -0.481 e. The van der Waals surface area contributed by atoms with E-state index < -0.39 is 17.9 Å². The normalized spacial score (nSPS) is 11.2. The van der Waals surface area contributed by atoms with Gasteiger partial charge < -0.3 is 10.1 Å². The van der Waals surface area contributed by atoms with Crippen molar-refractivity contribution in [2.24, 2.45) is 0 Å². The number of hydrazine groups is 1. The highest BCUT2D eigenvalue weighted by Gasteiger charge is 2.16. The van der Waals surface area contributed by atoms with Crippen molar-refractivity contribution in [3.63, 3.8) is 0 Å². The van der Waals surface area contributed by atoms with Crippen LogP contribution >= 0.6 is 0 Å². The van der Waals surface area contributed by atoms with Crippen LogP contribution in [0.25, 0.3) is 0 Å². The summed E-state index contributed by atoms with van der Waals surface area (Å²) in [5, 5.41) is 2.79. The van der Waals surface area contributed by atoms with Gasteiger partial charge in [-0.3, -0.25) is 25.2 Å². The minimum absolute atomic E-state index is 0.235. The van der Waals surface area contributed by atoms with Gasteiger partial charge in [-0.25, -0.2) is 0 Å². The summed E-state index contributed by atoms with van der Waals surface area (Å²) >= 11 is 0. The molecule has 1 atom stereocenters. The number of benzene rings is 3. The first-order valence-electron chi connectivity index (χ1n) is 10.1. The molecule has 32 heavy (non-hydrogen) atoms. The lowest BCUT2D eigenvalue weighted by molar-refractivity contribution is -0.128. The van der Waals surface area contributed by atoms with E-state index in [1.165, 1.54) is 0 Å². The Bertz CT molecular complexity index is 1110. The Hall–Kier alpha value is -4.13. The highest BCUT2D eigenvalue weighted by Crippen LogP contribution is 2.14. The van der Waals surface area contributed by atoms with Gasteiger partial charge in [0.25, 0.3) is 17.7 Å². The highest BCUT2D eigenvalue weighted by molar-refractivity contribution is 6.04. The summed E-state index contributed by atoms with van der Waals surface area (Å²) < 4.78 is 5.56. The number of hydrogen-bond acceptors (Lipinski definition) is 4. The van der Waals surface area contributed by atoms with Gasteiger partial charge in [0.05, 0.1) is 0 Å². The zero-order chi connectivity index (χ0) is 23.1. The molecule has 7 heteroatoms. The first-order chi connectivity index (χ1) is 15.3. The molecule has 0 heterocycles. The molecule has 0 bridgehead atoms. The second kappa shape index (κ2) is 10.3. The van der Waals surface area contributed by atoms with E-state index in [4.69, 9.17) is 4.74 Å². The van der Waals surface area contributed by atoms with Gasteiger partial charge in [-0.05, 0) is 69.3 Å². The summed E-state index contributed by atoms with van der Waals surface area (Å²) in [4.78, 5) is 36.8. The Morgan fingerprint density at radius 3 is 2.09 bits per heavy atom. The lowest BCUT2D eigenvalue weighted by atomic mass is 10.1. The third kappa shape index (κ3) is 6.18. The fourth-order valence-electron chi connectivity index (χ4n) is 2.86. The van der Waals surface area contributed by atoms with Crippen molar-refractivity contribution in [2.75, 3.05) is 5.32 Å². The van der Waals surface area contributed by atoms with Crippen LogP contribution in [-0.4, -0.2) is 23.8 Å². The topological polar surface area (TPSA) is 96.5 Å². The molecule has 0 unspecified atom stereocenters. The van der Waals surface area contributed by atoms with Gasteiger partial charge in [0.1, 0.15) is 5.75 Å². The predicted octanol–water partition coefficient (Wildman–Crippen LogP) is 3.78. The average Bonchev–Trinajstić information content (AvgIpc) is 2.79. The quantitative estimate of drug-likeness (QED) is 0.518. The first kappa shape index (κ1) is 22.6. The zero-order valence-corrected chi connectivity index (χ0v) is 18.1. The molecule has 164 valence electrons. The Morgan fingerprint density at radius 2 is 1.44 bits per heavy atom. The second-order valence-corrected chi connectivity index (χ2v) is 7.42. The number of hydrogen-bond donors (Lipinski definition) is 3. The SMILES string of the molecule is Cc1ccc(O[C@H](C)C(=O)NNC(=O)c2ccc(NC(=O)c3cccc(C)c3)cc2)cc1. The van der Waals surface area contributed by atoms with Crippen LogP contribution in [0.2, 0.25) is 0 Å². The van der Waals surface area contributed by atoms with Gasteiger partial charge in [-0.1, -0.05) is 35.4 Å². The van der Waals surface area contributed by atoms with Gasteiger partial charge in [-0.2, -0.15) is 0 Å². The van der Waals surface area contributed by atoms with E-state index >= 15 is 0 Å². The van der Waals surface area contributed by atoms with E-state index in [1.54, 1.807) is 55.5 Å². The summed E-state index contributed by atoms with van der Waals surface area (Å²) in [6.45, 7) is 5.46. The van der Waals surface area contributed by atoms with Gasteiger partial charge in [0.2, 0.25) is 0 Å². The minimum atomic E-state index is -0.794. The van der Waals surface area contributed by atoms with Gasteiger partial charge in [0.15, 0.2) is 6.10 Å². The highest BCUT2D eigenvalue weighted by atomic mass is 16.5. The van der Waals surface area contributed by atoms with Crippen molar-refractivity contribution in [3.8, 4) is 5.75 Å². The van der Waals surface area contributed by atoms with Crippen LogP contribution in [0.4, 0.5) is 5.69 Å². The molecule has 0 fully saturated rings. The molecule has 0 aliphatic rings. The summed E-state index contributed by atoms with van der Waals surface area (Å²) in [6, 6.07) is 20.9. The predicted molar refractivity (Wildman–Crippen MR) is 122 cm³/mol. The maximum absolute atomic E-state index is 12.3. The van der Waals surface area contributed by atoms with Crippen LogP contribution in [0.1, 0.15) is 38.8 Å². The van der Waals surface area contributed by atoms with Crippen LogP contribution < -0.4 is 20.9 Å². The number of anilines is 1. The lowest BCUT2D eigenvalue weighted by Crippen LogP contribution is -2.47. The van der Waals surface area contributed by atoms with E-state index in [0.717, 1.165) is 11.1 Å². The standard InChI is InChI=1S/C25H25N3O4/c1-16-7-13-22(14-8-16)32-18(3)23(29)27-28-25(31)19-9-11-21(12-10-19)26-24(30)20-6-4-5-17(2)15-20/h4-15,18H,1-3H3,(H,26,30)(H,27,29)(H,28,31)/t18-/m1/s1. The van der Waals surface area contributed by atoms with Crippen LogP contribution in [0.5, 0.6) is 5.75 Å². The van der Waals surface area contributed by atoms with Crippen LogP contribution in [-0.2, 0) is 4.79 Å². The fraction of sp³-hybridized carbons (Fsp3) is 0.160. The molecule has 0 spiro atoms. The van der Waals surface area contributed by atoms with Crippen molar-refractivity contribution in [1.29, 1.82) is 0 Å². The average molecular weight is 431 g/mol. The lowest BCUT2D eigenvalue weighted by Gasteiger charge is -2.15. The first-order valence-corrected chi connectivity index (χ1v) is 10.1. The summed E-state index contributed by atoms with van der Waals surface area (Å²) in [5.41, 5.74) is 8.22. The third-order valence-electron chi connectivity index (χ3n) is 4.69. The van der Waals surface area contributed by atoms with Crippen molar-refractivity contribution in [1.82, 2.24) is 10.9 Å². The third-order valence-corrected chi connectivity index (χ3v) is 4.69. The van der Waals surface area contributed by atoms with Gasteiger partial charge in [-0.15, -0.1) is 0 Å². The molecular weight excluding hydrogens is 406 g/mol. The smallest absolute Gasteiger partial charge is 0.279 e. The monoisotopic (exact) mass is 431 g/mol. The van der Waals surface area contributed by atoms with Crippen molar-refractivity contribution in [3.05, 3.63) is 95.1 Å². The Labute approximate surface area is 186 Å². The number of amides is 3. The molecule has 3 N–H and O–H groups in total. The molecule has 0 saturated heterocycles. The second-order valence-electron chi connectivity index (χ2n) is 7.42. The van der Waals surface area contributed by atoms with Crippen LogP contribution in [0.3, 0.4) is 0 Å². The van der Waals surface area contributed by atoms with Crippen molar-refractivity contribution >= 4 is 23.4 Å². The zero-order valence-electron chi connectivity index (χ0n) is 18.1. The maximum atomic E-state index is 12.3. The number of rotatable bonds is 6. The van der Waals surface area contributed by atoms with Crippen LogP contribution in [0, 0.1) is 13.8 Å². The van der Waals surface area contributed by atoms with E-state index in [-0.39, 0.29) is 5.91 Å². The van der Waals surface area contributed by atoms with Gasteiger partial charge in [0, 0.05) is 16.8 Å². The number of carbonyl (C=O) groups is 3. The van der Waals surface area contributed by atoms with E-state index in [0.29, 0.717) is 22.6 Å². The number of carbonyl (C=O) groups excluding carboxylic acids is 3. The summed E-state index contributed by atoms with van der Waals surface area (Å²) in [6.07, 6.45) is -0.794. The molecule has 7 nitrogen and oxygen atoms in total. The summed E-state index contributed by atoms with van der Waals surface area (Å²) in [7, 11) is 0. The van der Waals surface area contributed by atoms with Crippen LogP contribution in [0.15, 0.2) is 72.8 Å². The molecule has 3 aromatic rings. The molecule has 0 aromatic heterocycles. The number of aryl methyl sites for hydroxylation is 2. The molecule has 3 rings (SSSR count). The number of ether oxygens (including phenoxy) is 1. The molecule has 0 saturated carbocycles. The maximum Gasteiger partial charge on any atom is 0.279 e. The Morgan fingerprint density at radius 1 is 0.750 bits per heavy atom. The molecule has 3 aromatic carbocycles. The molecule has 0 aliphatic heterocycles. The molecule has 0 aliphatic carbocycles. The van der Waals surface area contributed by atoms with Crippen molar-refractivity contribution in [2.45, 2.75) is 26.9 Å². The Balaban J connectivity index is 1.50. The van der Waals surface area contributed by atoms with Crippen molar-refractivity contribution < 1.29 is 19.1 Å². The van der Waals surface area contributed by atoms with E-state index in [2.05, 4.69) is 16.2 Å². The summed E-state index contributed by atoms with van der Waals surface area (Å²) in [5.74, 6) is -0.646. The van der Waals surface area contributed by atoms with Gasteiger partial charge >= 0.3 is 0 Å². The molecule has 3 amide bonds.